The molecule has 1 unspecified atom stereocenters. The maximum atomic E-state index is 13.4. The normalized spacial score (nSPS) is 16.7. The summed E-state index contributed by atoms with van der Waals surface area (Å²) in [4.78, 5) is 40.4. The Balaban J connectivity index is 1.87. The molecule has 3 aromatic carbocycles. The van der Waals surface area contributed by atoms with Gasteiger partial charge in [0, 0.05) is 11.3 Å². The quantitative estimate of drug-likeness (QED) is 0.162. The van der Waals surface area contributed by atoms with Gasteiger partial charge in [0.1, 0.15) is 5.76 Å². The number of carbonyl (C=O) groups excluding carboxylic acids is 3. The third kappa shape index (κ3) is 5.12. The number of hydrogen-bond donors (Lipinski definition) is 1. The van der Waals surface area contributed by atoms with Crippen molar-refractivity contribution in [3.63, 3.8) is 0 Å². The lowest BCUT2D eigenvalue weighted by atomic mass is 9.94. The summed E-state index contributed by atoms with van der Waals surface area (Å²) in [6.07, 6.45) is -0.290. The number of amides is 1. The van der Waals surface area contributed by atoms with E-state index in [1.165, 1.54) is 36.3 Å². The Morgan fingerprint density at radius 3 is 2.16 bits per heavy atom. The molecule has 4 rings (SSSR count). The van der Waals surface area contributed by atoms with E-state index in [-0.39, 0.29) is 33.0 Å². The van der Waals surface area contributed by atoms with Crippen molar-refractivity contribution in [2.75, 3.05) is 12.0 Å². The molecule has 0 spiro atoms. The van der Waals surface area contributed by atoms with Gasteiger partial charge in [-0.3, -0.25) is 14.5 Å². The number of methoxy groups -OCH3 is 1. The van der Waals surface area contributed by atoms with E-state index in [0.29, 0.717) is 16.8 Å². The number of aliphatic hydroxyl groups excluding tert-OH is 1. The second-order valence-corrected chi connectivity index (χ2v) is 9.87. The highest BCUT2D eigenvalue weighted by atomic mass is 35.5. The van der Waals surface area contributed by atoms with Gasteiger partial charge in [-0.05, 0) is 62.7 Å². The maximum absolute atomic E-state index is 13.4. The van der Waals surface area contributed by atoms with Crippen LogP contribution < -0.4 is 9.64 Å². The number of ketones is 1. The number of aryl methyl sites for hydroxylation is 1. The Hall–Kier alpha value is -3.81. The smallest absolute Gasteiger partial charge is 0.338 e. The predicted molar refractivity (Wildman–Crippen MR) is 146 cm³/mol. The minimum atomic E-state index is -0.956. The van der Waals surface area contributed by atoms with Crippen LogP contribution in [-0.2, 0) is 14.3 Å². The Morgan fingerprint density at radius 1 is 0.974 bits per heavy atom. The first-order valence-electron chi connectivity index (χ1n) is 11.8. The van der Waals surface area contributed by atoms with E-state index in [1.807, 2.05) is 19.1 Å². The zero-order chi connectivity index (χ0) is 27.7. The molecular weight excluding hydrogens is 529 g/mol. The van der Waals surface area contributed by atoms with E-state index >= 15 is 0 Å². The van der Waals surface area contributed by atoms with Crippen LogP contribution in [0.4, 0.5) is 5.69 Å². The average molecular weight is 554 g/mol. The maximum Gasteiger partial charge on any atom is 0.338 e. The first kappa shape index (κ1) is 27.2. The fourth-order valence-corrected chi connectivity index (χ4v) is 4.98. The number of aliphatic hydroxyl groups is 1. The molecule has 1 fully saturated rings. The van der Waals surface area contributed by atoms with Crippen LogP contribution in [0.25, 0.3) is 5.76 Å². The van der Waals surface area contributed by atoms with E-state index in [2.05, 4.69) is 0 Å². The molecule has 9 heteroatoms. The monoisotopic (exact) mass is 553 g/mol. The summed E-state index contributed by atoms with van der Waals surface area (Å²) >= 11 is 12.6. The lowest BCUT2D eigenvalue weighted by Crippen LogP contribution is -2.29. The third-order valence-electron chi connectivity index (χ3n) is 6.00. The van der Waals surface area contributed by atoms with Gasteiger partial charge in [0.15, 0.2) is 5.75 Å². The summed E-state index contributed by atoms with van der Waals surface area (Å²) in [6, 6.07) is 15.3. The van der Waals surface area contributed by atoms with Crippen LogP contribution in [0.1, 0.15) is 46.9 Å². The van der Waals surface area contributed by atoms with Gasteiger partial charge in [0.2, 0.25) is 0 Å². The molecule has 1 aliphatic rings. The molecule has 1 saturated heterocycles. The second-order valence-electron chi connectivity index (χ2n) is 9.06. The number of rotatable bonds is 6. The van der Waals surface area contributed by atoms with Crippen LogP contribution in [0.15, 0.2) is 66.2 Å². The third-order valence-corrected chi connectivity index (χ3v) is 6.56. The molecular formula is C29H25Cl2NO6. The molecule has 1 aliphatic heterocycles. The molecule has 0 radical (unpaired) electrons. The lowest BCUT2D eigenvalue weighted by molar-refractivity contribution is -0.132. The van der Waals surface area contributed by atoms with Crippen LogP contribution >= 0.6 is 23.2 Å². The number of carbonyl (C=O) groups is 3. The minimum Gasteiger partial charge on any atom is -0.507 e. The number of nitrogens with zero attached hydrogens (tertiary/aromatic N) is 1. The van der Waals surface area contributed by atoms with Gasteiger partial charge >= 0.3 is 5.97 Å². The molecule has 7 nitrogen and oxygen atoms in total. The summed E-state index contributed by atoms with van der Waals surface area (Å²) in [7, 11) is 1.41. The van der Waals surface area contributed by atoms with Gasteiger partial charge in [0.25, 0.3) is 11.7 Å². The van der Waals surface area contributed by atoms with Crippen LogP contribution in [0, 0.1) is 6.92 Å². The SMILES string of the molecule is COc1c(Cl)cc(/C(O)=C2\C(=O)C(=O)N(c3ccc(C(=O)OC(C)C)cc3)C2c2cccc(C)c2)cc1Cl. The molecule has 1 amide bonds. The van der Waals surface area contributed by atoms with Gasteiger partial charge in [-0.1, -0.05) is 53.0 Å². The first-order chi connectivity index (χ1) is 18.0. The Bertz CT molecular complexity index is 1440. The van der Waals surface area contributed by atoms with E-state index < -0.39 is 29.5 Å². The molecule has 38 heavy (non-hydrogen) atoms. The van der Waals surface area contributed by atoms with E-state index in [9.17, 15) is 19.5 Å². The fourth-order valence-electron chi connectivity index (χ4n) is 4.34. The highest BCUT2D eigenvalue weighted by Crippen LogP contribution is 2.44. The van der Waals surface area contributed by atoms with Gasteiger partial charge in [-0.2, -0.15) is 0 Å². The standard InChI is InChI=1S/C29H25Cl2NO6/c1-15(2)38-29(36)17-8-10-20(11-9-17)32-24(18-7-5-6-16(3)12-18)23(26(34)28(32)35)25(33)19-13-21(30)27(37-4)22(31)14-19/h5-15,24,33H,1-4H3/b25-23+. The van der Waals surface area contributed by atoms with Crippen molar-refractivity contribution in [1.82, 2.24) is 0 Å². The van der Waals surface area contributed by atoms with Crippen molar-refractivity contribution in [3.05, 3.63) is 98.5 Å². The Labute approximate surface area is 230 Å². The van der Waals surface area contributed by atoms with E-state index in [0.717, 1.165) is 5.56 Å². The molecule has 196 valence electrons. The fraction of sp³-hybridized carbons (Fsp3) is 0.207. The summed E-state index contributed by atoms with van der Waals surface area (Å²) in [6.45, 7) is 5.38. The summed E-state index contributed by atoms with van der Waals surface area (Å²) < 4.78 is 10.4. The summed E-state index contributed by atoms with van der Waals surface area (Å²) in [5, 5.41) is 11.6. The predicted octanol–water partition coefficient (Wildman–Crippen LogP) is 6.50. The van der Waals surface area contributed by atoms with Crippen molar-refractivity contribution >= 4 is 52.3 Å². The van der Waals surface area contributed by atoms with Crippen molar-refractivity contribution in [2.24, 2.45) is 0 Å². The zero-order valence-corrected chi connectivity index (χ0v) is 22.6. The molecule has 1 atom stereocenters. The average Bonchev–Trinajstić information content (AvgIpc) is 3.13. The van der Waals surface area contributed by atoms with E-state index in [4.69, 9.17) is 32.7 Å². The highest BCUT2D eigenvalue weighted by Gasteiger charge is 2.47. The topological polar surface area (TPSA) is 93.1 Å². The van der Waals surface area contributed by atoms with Gasteiger partial charge in [0.05, 0.1) is 40.4 Å². The van der Waals surface area contributed by atoms with Crippen LogP contribution in [0.5, 0.6) is 5.75 Å². The summed E-state index contributed by atoms with van der Waals surface area (Å²) in [5.41, 5.74) is 2.21. The van der Waals surface area contributed by atoms with Crippen molar-refractivity contribution in [3.8, 4) is 5.75 Å². The molecule has 0 saturated carbocycles. The van der Waals surface area contributed by atoms with Crippen molar-refractivity contribution in [2.45, 2.75) is 32.9 Å². The lowest BCUT2D eigenvalue weighted by Gasteiger charge is -2.26. The van der Waals surface area contributed by atoms with Gasteiger partial charge < -0.3 is 14.6 Å². The second kappa shape index (κ2) is 10.9. The molecule has 3 aromatic rings. The number of Topliss-reactive ketones (excluding diaryl/α,β-unsaturated/α-hetero) is 1. The molecule has 1 N–H and O–H groups in total. The number of esters is 1. The van der Waals surface area contributed by atoms with Gasteiger partial charge in [-0.25, -0.2) is 4.79 Å². The Morgan fingerprint density at radius 2 is 1.61 bits per heavy atom. The number of ether oxygens (including phenoxy) is 2. The molecule has 0 bridgehead atoms. The van der Waals surface area contributed by atoms with Crippen LogP contribution in [0.3, 0.4) is 0 Å². The van der Waals surface area contributed by atoms with Gasteiger partial charge in [-0.15, -0.1) is 0 Å². The van der Waals surface area contributed by atoms with E-state index in [1.54, 1.807) is 38.1 Å². The summed E-state index contributed by atoms with van der Waals surface area (Å²) in [5.74, 6) is -2.42. The number of hydrogen-bond acceptors (Lipinski definition) is 6. The first-order valence-corrected chi connectivity index (χ1v) is 12.5. The molecule has 1 heterocycles. The number of halogens is 2. The molecule has 0 aromatic heterocycles. The zero-order valence-electron chi connectivity index (χ0n) is 21.1. The number of benzene rings is 3. The van der Waals surface area contributed by atoms with Crippen molar-refractivity contribution < 1.29 is 29.0 Å². The van der Waals surface area contributed by atoms with Crippen LogP contribution in [0.2, 0.25) is 10.0 Å². The van der Waals surface area contributed by atoms with Crippen molar-refractivity contribution in [1.29, 1.82) is 0 Å². The largest absolute Gasteiger partial charge is 0.507 e. The highest BCUT2D eigenvalue weighted by molar-refractivity contribution is 6.51. The molecule has 0 aliphatic carbocycles. The minimum absolute atomic E-state index is 0.124. The number of anilines is 1. The van der Waals surface area contributed by atoms with Crippen LogP contribution in [-0.4, -0.2) is 36.0 Å². The Kier molecular flexibility index (Phi) is 7.81.